The largest absolute Gasteiger partial charge is 0.391 e. The third-order valence-electron chi connectivity index (χ3n) is 1.30. The first-order chi connectivity index (χ1) is 4.20. The Bertz CT molecular complexity index is 95.0. The minimum atomic E-state index is -1.12. The van der Waals surface area contributed by atoms with Crippen molar-refractivity contribution in [2.24, 2.45) is 0 Å². The zero-order chi connectivity index (χ0) is 6.85. The molecule has 1 aliphatic heterocycles. The van der Waals surface area contributed by atoms with E-state index in [1.807, 2.05) is 0 Å². The normalized spacial score (nSPS) is 45.0. The van der Waals surface area contributed by atoms with Crippen LogP contribution < -0.4 is 0 Å². The topological polar surface area (TPSA) is 69.9 Å². The molecular formula is C5H10O4. The van der Waals surface area contributed by atoms with Crippen molar-refractivity contribution in [3.8, 4) is 0 Å². The fourth-order valence-electron chi connectivity index (χ4n) is 0.784. The first kappa shape index (κ1) is 6.95. The lowest BCUT2D eigenvalue weighted by molar-refractivity contribution is -0.211. The fraction of sp³-hybridized carbons (Fsp3) is 1.00. The van der Waals surface area contributed by atoms with Gasteiger partial charge in [-0.3, -0.25) is 0 Å². The van der Waals surface area contributed by atoms with Crippen LogP contribution in [0.3, 0.4) is 0 Å². The maximum atomic E-state index is 8.81. The van der Waals surface area contributed by atoms with Crippen LogP contribution in [0.1, 0.15) is 6.42 Å². The van der Waals surface area contributed by atoms with Crippen LogP contribution in [0.25, 0.3) is 0 Å². The number of aliphatic hydroxyl groups is 3. The SMILES string of the molecule is OC1OC[C@H](O)C[C@@H]1O. The molecule has 0 amide bonds. The molecule has 1 heterocycles. The van der Waals surface area contributed by atoms with Crippen molar-refractivity contribution in [1.82, 2.24) is 0 Å². The van der Waals surface area contributed by atoms with Gasteiger partial charge in [0.25, 0.3) is 0 Å². The second-order valence-electron chi connectivity index (χ2n) is 2.18. The van der Waals surface area contributed by atoms with Gasteiger partial charge in [0.05, 0.1) is 12.7 Å². The molecule has 0 saturated carbocycles. The van der Waals surface area contributed by atoms with Crippen molar-refractivity contribution >= 4 is 0 Å². The van der Waals surface area contributed by atoms with Crippen LogP contribution in [0.15, 0.2) is 0 Å². The maximum absolute atomic E-state index is 8.81. The van der Waals surface area contributed by atoms with Crippen LogP contribution in [0.4, 0.5) is 0 Å². The summed E-state index contributed by atoms with van der Waals surface area (Å²) in [7, 11) is 0. The highest BCUT2D eigenvalue weighted by atomic mass is 16.6. The molecule has 3 atom stereocenters. The van der Waals surface area contributed by atoms with Crippen molar-refractivity contribution in [1.29, 1.82) is 0 Å². The van der Waals surface area contributed by atoms with E-state index in [0.717, 1.165) is 0 Å². The summed E-state index contributed by atoms with van der Waals surface area (Å²) in [6.07, 6.45) is -2.49. The highest BCUT2D eigenvalue weighted by molar-refractivity contribution is 4.70. The van der Waals surface area contributed by atoms with E-state index in [4.69, 9.17) is 15.3 Å². The summed E-state index contributed by atoms with van der Waals surface area (Å²) in [4.78, 5) is 0. The summed E-state index contributed by atoms with van der Waals surface area (Å²) >= 11 is 0. The van der Waals surface area contributed by atoms with Crippen LogP contribution in [0.2, 0.25) is 0 Å². The highest BCUT2D eigenvalue weighted by Gasteiger charge is 2.26. The Morgan fingerprint density at radius 1 is 1.22 bits per heavy atom. The van der Waals surface area contributed by atoms with E-state index in [2.05, 4.69) is 4.74 Å². The standard InChI is InChI=1S/C5H10O4/c6-3-1-4(7)5(8)9-2-3/h3-8H,1-2H2/t3-,4+,5?/m1/s1. The van der Waals surface area contributed by atoms with Gasteiger partial charge in [0.1, 0.15) is 6.10 Å². The molecule has 4 heteroatoms. The molecular weight excluding hydrogens is 124 g/mol. The number of hydrogen-bond donors (Lipinski definition) is 3. The Labute approximate surface area is 52.7 Å². The summed E-state index contributed by atoms with van der Waals surface area (Å²) in [6.45, 7) is 0.109. The van der Waals surface area contributed by atoms with Crippen molar-refractivity contribution in [3.05, 3.63) is 0 Å². The van der Waals surface area contributed by atoms with Crippen LogP contribution in [-0.4, -0.2) is 40.4 Å². The van der Waals surface area contributed by atoms with E-state index in [-0.39, 0.29) is 13.0 Å². The second kappa shape index (κ2) is 2.62. The van der Waals surface area contributed by atoms with Crippen molar-refractivity contribution in [3.63, 3.8) is 0 Å². The predicted molar refractivity (Wildman–Crippen MR) is 28.6 cm³/mol. The quantitative estimate of drug-likeness (QED) is 0.375. The van der Waals surface area contributed by atoms with Gasteiger partial charge in [-0.1, -0.05) is 0 Å². The van der Waals surface area contributed by atoms with E-state index in [0.29, 0.717) is 0 Å². The smallest absolute Gasteiger partial charge is 0.181 e. The van der Waals surface area contributed by atoms with Crippen LogP contribution in [0.5, 0.6) is 0 Å². The van der Waals surface area contributed by atoms with E-state index >= 15 is 0 Å². The summed E-state index contributed by atoms with van der Waals surface area (Å²) in [5.41, 5.74) is 0. The van der Waals surface area contributed by atoms with Crippen LogP contribution >= 0.6 is 0 Å². The van der Waals surface area contributed by atoms with E-state index in [1.54, 1.807) is 0 Å². The molecule has 0 bridgehead atoms. The molecule has 1 aliphatic rings. The molecule has 0 aromatic carbocycles. The summed E-state index contributed by atoms with van der Waals surface area (Å²) < 4.78 is 4.56. The Morgan fingerprint density at radius 2 is 1.89 bits per heavy atom. The Hall–Kier alpha value is -0.160. The molecule has 0 spiro atoms. The number of rotatable bonds is 0. The van der Waals surface area contributed by atoms with E-state index in [9.17, 15) is 0 Å². The summed E-state index contributed by atoms with van der Waals surface area (Å²) in [6, 6.07) is 0. The second-order valence-corrected chi connectivity index (χ2v) is 2.18. The molecule has 1 rings (SSSR count). The van der Waals surface area contributed by atoms with Gasteiger partial charge in [0, 0.05) is 6.42 Å². The zero-order valence-electron chi connectivity index (χ0n) is 4.90. The minimum Gasteiger partial charge on any atom is -0.391 e. The fourth-order valence-corrected chi connectivity index (χ4v) is 0.784. The van der Waals surface area contributed by atoms with Gasteiger partial charge in [-0.2, -0.15) is 0 Å². The molecule has 3 N–H and O–H groups in total. The number of ether oxygens (including phenoxy) is 1. The number of hydrogen-bond acceptors (Lipinski definition) is 4. The lowest BCUT2D eigenvalue weighted by atomic mass is 10.1. The lowest BCUT2D eigenvalue weighted by Crippen LogP contribution is -2.40. The van der Waals surface area contributed by atoms with Crippen molar-refractivity contribution in [2.75, 3.05) is 6.61 Å². The average molecular weight is 134 g/mol. The van der Waals surface area contributed by atoms with E-state index in [1.165, 1.54) is 0 Å². The van der Waals surface area contributed by atoms with Gasteiger partial charge in [-0.05, 0) is 0 Å². The minimum absolute atomic E-state index is 0.109. The molecule has 0 aromatic heterocycles. The lowest BCUT2D eigenvalue weighted by Gasteiger charge is -2.26. The monoisotopic (exact) mass is 134 g/mol. The summed E-state index contributed by atoms with van der Waals surface area (Å²) in [5.74, 6) is 0. The third-order valence-corrected chi connectivity index (χ3v) is 1.30. The average Bonchev–Trinajstić information content (AvgIpc) is 1.80. The molecule has 0 aromatic rings. The molecule has 1 fully saturated rings. The molecule has 9 heavy (non-hydrogen) atoms. The molecule has 1 saturated heterocycles. The van der Waals surface area contributed by atoms with Crippen molar-refractivity contribution in [2.45, 2.75) is 24.9 Å². The Balaban J connectivity index is 2.35. The van der Waals surface area contributed by atoms with Crippen LogP contribution in [-0.2, 0) is 4.74 Å². The van der Waals surface area contributed by atoms with Gasteiger partial charge in [0.2, 0.25) is 0 Å². The van der Waals surface area contributed by atoms with Gasteiger partial charge in [0.15, 0.2) is 6.29 Å². The molecule has 0 radical (unpaired) electrons. The molecule has 1 unspecified atom stereocenters. The predicted octanol–water partition coefficient (Wildman–Crippen LogP) is -1.55. The van der Waals surface area contributed by atoms with Gasteiger partial charge < -0.3 is 20.1 Å². The first-order valence-electron chi connectivity index (χ1n) is 2.86. The summed E-state index contributed by atoms with van der Waals surface area (Å²) in [5, 5.41) is 26.3. The Kier molecular flexibility index (Phi) is 2.02. The Morgan fingerprint density at radius 3 is 2.33 bits per heavy atom. The van der Waals surface area contributed by atoms with Gasteiger partial charge in [-0.25, -0.2) is 0 Å². The first-order valence-corrected chi connectivity index (χ1v) is 2.86. The molecule has 0 aliphatic carbocycles. The molecule has 54 valence electrons. The third kappa shape index (κ3) is 1.62. The maximum Gasteiger partial charge on any atom is 0.181 e. The van der Waals surface area contributed by atoms with Crippen LogP contribution in [0, 0.1) is 0 Å². The molecule has 4 nitrogen and oxygen atoms in total. The zero-order valence-corrected chi connectivity index (χ0v) is 4.90. The highest BCUT2D eigenvalue weighted by Crippen LogP contribution is 2.11. The van der Waals surface area contributed by atoms with E-state index < -0.39 is 18.5 Å². The van der Waals surface area contributed by atoms with Gasteiger partial charge >= 0.3 is 0 Å². The number of aliphatic hydroxyl groups excluding tert-OH is 3. The van der Waals surface area contributed by atoms with Crippen molar-refractivity contribution < 1.29 is 20.1 Å². The van der Waals surface area contributed by atoms with Gasteiger partial charge in [-0.15, -0.1) is 0 Å².